The second-order valence-corrected chi connectivity index (χ2v) is 4.96. The molecule has 0 aliphatic rings. The SMILES string of the molecule is C=CC(=C)c1c(C(=O)OC)cc(O)c2[nH]c3ccccc3c12. The monoisotopic (exact) mass is 293 g/mol. The average molecular weight is 293 g/mol. The van der Waals surface area contributed by atoms with E-state index in [1.165, 1.54) is 13.2 Å². The van der Waals surface area contributed by atoms with Crippen LogP contribution >= 0.6 is 0 Å². The fraction of sp³-hybridized carbons (Fsp3) is 0.0556. The van der Waals surface area contributed by atoms with Crippen LogP contribution in [0.25, 0.3) is 27.4 Å². The number of aromatic hydroxyl groups is 1. The Morgan fingerprint density at radius 2 is 2.09 bits per heavy atom. The summed E-state index contributed by atoms with van der Waals surface area (Å²) < 4.78 is 4.83. The van der Waals surface area contributed by atoms with Crippen molar-refractivity contribution in [1.29, 1.82) is 0 Å². The number of methoxy groups -OCH3 is 1. The molecule has 0 saturated heterocycles. The summed E-state index contributed by atoms with van der Waals surface area (Å²) >= 11 is 0. The van der Waals surface area contributed by atoms with Gasteiger partial charge in [0.05, 0.1) is 18.2 Å². The molecule has 0 aliphatic carbocycles. The molecular weight excluding hydrogens is 278 g/mol. The highest BCUT2D eigenvalue weighted by molar-refractivity contribution is 6.18. The highest BCUT2D eigenvalue weighted by Gasteiger charge is 2.21. The van der Waals surface area contributed by atoms with E-state index in [4.69, 9.17) is 4.74 Å². The predicted octanol–water partition coefficient (Wildman–Crippen LogP) is 4.01. The molecule has 3 aromatic rings. The van der Waals surface area contributed by atoms with Gasteiger partial charge < -0.3 is 14.8 Å². The van der Waals surface area contributed by atoms with Gasteiger partial charge in [0.2, 0.25) is 0 Å². The number of H-pyrrole nitrogens is 1. The highest BCUT2D eigenvalue weighted by Crippen LogP contribution is 2.39. The number of hydrogen-bond donors (Lipinski definition) is 2. The molecule has 1 heterocycles. The van der Waals surface area contributed by atoms with Crippen molar-refractivity contribution >= 4 is 33.3 Å². The Morgan fingerprint density at radius 1 is 1.36 bits per heavy atom. The van der Waals surface area contributed by atoms with Crippen molar-refractivity contribution in [2.24, 2.45) is 0 Å². The summed E-state index contributed by atoms with van der Waals surface area (Å²) in [6.45, 7) is 7.70. The molecule has 110 valence electrons. The average Bonchev–Trinajstić information content (AvgIpc) is 2.93. The van der Waals surface area contributed by atoms with Gasteiger partial charge in [0.25, 0.3) is 0 Å². The molecule has 0 spiro atoms. The number of allylic oxidation sites excluding steroid dienone is 2. The number of hydrogen-bond acceptors (Lipinski definition) is 3. The predicted molar refractivity (Wildman–Crippen MR) is 88.0 cm³/mol. The number of rotatable bonds is 3. The first-order valence-corrected chi connectivity index (χ1v) is 6.75. The molecule has 0 amide bonds. The molecule has 4 heteroatoms. The molecular formula is C18H15NO3. The topological polar surface area (TPSA) is 62.3 Å². The number of fused-ring (bicyclic) bond motifs is 3. The molecule has 0 unspecified atom stereocenters. The lowest BCUT2D eigenvalue weighted by molar-refractivity contribution is 0.0600. The van der Waals surface area contributed by atoms with E-state index in [0.717, 1.165) is 16.3 Å². The number of aromatic nitrogens is 1. The Balaban J connectivity index is 2.57. The number of ether oxygens (including phenoxy) is 1. The minimum atomic E-state index is -0.527. The molecule has 22 heavy (non-hydrogen) atoms. The number of aromatic amines is 1. The Hall–Kier alpha value is -3.01. The number of carbonyl (C=O) groups excluding carboxylic acids is 1. The molecule has 0 aliphatic heterocycles. The van der Waals surface area contributed by atoms with Gasteiger partial charge in [-0.2, -0.15) is 0 Å². The number of benzene rings is 2. The summed E-state index contributed by atoms with van der Waals surface area (Å²) in [5, 5.41) is 11.9. The maximum Gasteiger partial charge on any atom is 0.338 e. The number of carbonyl (C=O) groups is 1. The third kappa shape index (κ3) is 1.89. The van der Waals surface area contributed by atoms with Gasteiger partial charge >= 0.3 is 5.97 Å². The number of esters is 1. The molecule has 0 saturated carbocycles. The lowest BCUT2D eigenvalue weighted by atomic mass is 9.94. The second-order valence-electron chi connectivity index (χ2n) is 4.96. The van der Waals surface area contributed by atoms with E-state index < -0.39 is 5.97 Å². The summed E-state index contributed by atoms with van der Waals surface area (Å²) in [5.74, 6) is -0.535. The first kappa shape index (κ1) is 13.9. The van der Waals surface area contributed by atoms with E-state index in [1.54, 1.807) is 6.08 Å². The molecule has 0 radical (unpaired) electrons. The molecule has 0 bridgehead atoms. The second kappa shape index (κ2) is 5.07. The van der Waals surface area contributed by atoms with Crippen molar-refractivity contribution in [3.8, 4) is 5.75 Å². The van der Waals surface area contributed by atoms with Crippen LogP contribution in [0.2, 0.25) is 0 Å². The van der Waals surface area contributed by atoms with Gasteiger partial charge in [-0.25, -0.2) is 4.79 Å². The van der Waals surface area contributed by atoms with E-state index in [9.17, 15) is 9.90 Å². The Bertz CT molecular complexity index is 934. The van der Waals surface area contributed by atoms with Crippen LogP contribution < -0.4 is 0 Å². The number of phenols is 1. The minimum absolute atomic E-state index is 0.00721. The van der Waals surface area contributed by atoms with Gasteiger partial charge in [0.1, 0.15) is 5.75 Å². The fourth-order valence-corrected chi connectivity index (χ4v) is 2.72. The third-order valence-corrected chi connectivity index (χ3v) is 3.74. The fourth-order valence-electron chi connectivity index (χ4n) is 2.72. The number of nitrogens with one attached hydrogen (secondary N) is 1. The van der Waals surface area contributed by atoms with Crippen LogP contribution in [0.15, 0.2) is 49.6 Å². The van der Waals surface area contributed by atoms with E-state index in [0.29, 0.717) is 16.7 Å². The Labute approximate surface area is 127 Å². The van der Waals surface area contributed by atoms with Gasteiger partial charge in [-0.05, 0) is 17.7 Å². The molecule has 2 aromatic carbocycles. The molecule has 4 nitrogen and oxygen atoms in total. The van der Waals surface area contributed by atoms with E-state index in [2.05, 4.69) is 18.1 Å². The van der Waals surface area contributed by atoms with Gasteiger partial charge in [-0.1, -0.05) is 37.4 Å². The van der Waals surface area contributed by atoms with Gasteiger partial charge in [0.15, 0.2) is 0 Å². The molecule has 0 fully saturated rings. The van der Waals surface area contributed by atoms with Crippen molar-refractivity contribution in [2.45, 2.75) is 0 Å². The lowest BCUT2D eigenvalue weighted by Crippen LogP contribution is -2.05. The van der Waals surface area contributed by atoms with Crippen molar-refractivity contribution < 1.29 is 14.6 Å². The maximum absolute atomic E-state index is 12.1. The molecule has 1 aromatic heterocycles. The van der Waals surface area contributed by atoms with E-state index >= 15 is 0 Å². The standard InChI is InChI=1S/C18H15NO3/c1-4-10(2)15-12(18(21)22-3)9-14(20)17-16(15)11-7-5-6-8-13(11)19-17/h4-9,19-20H,1-2H2,3H3. The summed E-state index contributed by atoms with van der Waals surface area (Å²) in [6.07, 6.45) is 1.58. The molecule has 3 rings (SSSR count). The third-order valence-electron chi connectivity index (χ3n) is 3.74. The molecule has 0 atom stereocenters. The summed E-state index contributed by atoms with van der Waals surface area (Å²) in [5.41, 5.74) is 2.91. The van der Waals surface area contributed by atoms with Crippen molar-refractivity contribution in [3.63, 3.8) is 0 Å². The summed E-state index contributed by atoms with van der Waals surface area (Å²) in [7, 11) is 1.30. The van der Waals surface area contributed by atoms with Gasteiger partial charge in [-0.15, -0.1) is 0 Å². The maximum atomic E-state index is 12.1. The quantitative estimate of drug-likeness (QED) is 0.566. The van der Waals surface area contributed by atoms with E-state index in [-0.39, 0.29) is 11.3 Å². The Kier molecular flexibility index (Phi) is 3.22. The van der Waals surface area contributed by atoms with Crippen LogP contribution in [0.3, 0.4) is 0 Å². The van der Waals surface area contributed by atoms with Crippen molar-refractivity contribution in [1.82, 2.24) is 4.98 Å². The normalized spacial score (nSPS) is 10.8. The first-order valence-electron chi connectivity index (χ1n) is 6.75. The lowest BCUT2D eigenvalue weighted by Gasteiger charge is -2.11. The van der Waals surface area contributed by atoms with Gasteiger partial charge in [-0.3, -0.25) is 0 Å². The van der Waals surface area contributed by atoms with Crippen LogP contribution in [0.5, 0.6) is 5.75 Å². The smallest absolute Gasteiger partial charge is 0.338 e. The highest BCUT2D eigenvalue weighted by atomic mass is 16.5. The van der Waals surface area contributed by atoms with Crippen molar-refractivity contribution in [2.75, 3.05) is 7.11 Å². The largest absolute Gasteiger partial charge is 0.506 e. The number of para-hydroxylation sites is 1. The minimum Gasteiger partial charge on any atom is -0.506 e. The zero-order chi connectivity index (χ0) is 15.9. The molecule has 2 N–H and O–H groups in total. The Morgan fingerprint density at radius 3 is 2.77 bits per heavy atom. The van der Waals surface area contributed by atoms with Crippen LogP contribution in [0.1, 0.15) is 15.9 Å². The van der Waals surface area contributed by atoms with Crippen LogP contribution in [-0.4, -0.2) is 23.2 Å². The zero-order valence-electron chi connectivity index (χ0n) is 12.1. The van der Waals surface area contributed by atoms with Crippen LogP contribution in [-0.2, 0) is 4.74 Å². The van der Waals surface area contributed by atoms with Crippen LogP contribution in [0.4, 0.5) is 0 Å². The number of phenolic OH excluding ortho intramolecular Hbond substituents is 1. The summed E-state index contributed by atoms with van der Waals surface area (Å²) in [4.78, 5) is 15.3. The zero-order valence-corrected chi connectivity index (χ0v) is 12.1. The van der Waals surface area contributed by atoms with Crippen molar-refractivity contribution in [3.05, 3.63) is 60.7 Å². The first-order chi connectivity index (χ1) is 10.6. The van der Waals surface area contributed by atoms with E-state index in [1.807, 2.05) is 24.3 Å². The van der Waals surface area contributed by atoms with Crippen LogP contribution in [0, 0.1) is 0 Å². The summed E-state index contributed by atoms with van der Waals surface area (Å²) in [6, 6.07) is 9.03. The van der Waals surface area contributed by atoms with Gasteiger partial charge in [0, 0.05) is 21.9 Å².